The number of aromatic amines is 1. The molecule has 252 valence electrons. The van der Waals surface area contributed by atoms with E-state index >= 15 is 0 Å². The molecule has 0 radical (unpaired) electrons. The summed E-state index contributed by atoms with van der Waals surface area (Å²) >= 11 is 2.82. The van der Waals surface area contributed by atoms with Crippen molar-refractivity contribution in [2.45, 2.75) is 27.5 Å². The van der Waals surface area contributed by atoms with Crippen molar-refractivity contribution in [3.63, 3.8) is 0 Å². The number of rotatable bonds is 8. The van der Waals surface area contributed by atoms with E-state index in [2.05, 4.69) is 10.3 Å². The van der Waals surface area contributed by atoms with Crippen molar-refractivity contribution in [1.29, 1.82) is 0 Å². The molecule has 3 amide bonds. The van der Waals surface area contributed by atoms with Gasteiger partial charge in [-0.05, 0) is 90.4 Å². The van der Waals surface area contributed by atoms with Gasteiger partial charge in [0, 0.05) is 21.7 Å². The lowest BCUT2D eigenvalue weighted by Gasteiger charge is -2.43. The van der Waals surface area contributed by atoms with Crippen LogP contribution in [0.4, 0.5) is 11.4 Å². The molecule has 12 nitrogen and oxygen atoms in total. The highest BCUT2D eigenvalue weighted by molar-refractivity contribution is 8.00. The number of thiazole rings is 1. The number of nitrogens with zero attached hydrogens (tertiary/aromatic N) is 1. The van der Waals surface area contributed by atoms with Crippen LogP contribution in [-0.2, 0) is 24.4 Å². The minimum Gasteiger partial charge on any atom is -0.497 e. The Bertz CT molecular complexity index is 2150. The van der Waals surface area contributed by atoms with E-state index < -0.39 is 27.8 Å². The zero-order chi connectivity index (χ0) is 34.2. The van der Waals surface area contributed by atoms with Crippen molar-refractivity contribution in [1.82, 2.24) is 4.98 Å². The topological polar surface area (TPSA) is 178 Å². The van der Waals surface area contributed by atoms with Gasteiger partial charge in [0.25, 0.3) is 5.91 Å². The molecular formula is C34H30N4O8S3. The molecule has 3 heterocycles. The van der Waals surface area contributed by atoms with Gasteiger partial charge in [-0.2, -0.15) is 0 Å². The van der Waals surface area contributed by atoms with Crippen molar-refractivity contribution < 1.29 is 32.3 Å². The Morgan fingerprint density at radius 3 is 2.24 bits per heavy atom. The van der Waals surface area contributed by atoms with Crippen LogP contribution in [0.5, 0.6) is 11.5 Å². The van der Waals surface area contributed by atoms with Gasteiger partial charge in [0.15, 0.2) is 6.61 Å². The molecule has 4 aliphatic rings. The Morgan fingerprint density at radius 2 is 1.59 bits per heavy atom. The maximum absolute atomic E-state index is 14.0. The Morgan fingerprint density at radius 1 is 0.939 bits per heavy atom. The smallest absolute Gasteiger partial charge is 0.305 e. The maximum Gasteiger partial charge on any atom is 0.305 e. The molecule has 2 aliphatic heterocycles. The maximum atomic E-state index is 14.0. The van der Waals surface area contributed by atoms with Crippen LogP contribution in [0.1, 0.15) is 22.8 Å². The number of carbonyl (C=O) groups excluding carboxylic acids is 3. The molecule has 49 heavy (non-hydrogen) atoms. The van der Waals surface area contributed by atoms with Crippen LogP contribution in [0.15, 0.2) is 87.5 Å². The number of amides is 3. The number of H-pyrrole nitrogens is 1. The fraction of sp³-hybridized carbons (Fsp3) is 0.294. The molecule has 7 atom stereocenters. The first kappa shape index (κ1) is 31.8. The van der Waals surface area contributed by atoms with E-state index in [1.165, 1.54) is 40.5 Å². The van der Waals surface area contributed by atoms with E-state index in [-0.39, 0.29) is 57.1 Å². The highest BCUT2D eigenvalue weighted by Gasteiger charge is 2.69. The second kappa shape index (κ2) is 11.9. The molecule has 15 heteroatoms. The predicted molar refractivity (Wildman–Crippen MR) is 182 cm³/mol. The fourth-order valence-corrected chi connectivity index (χ4v) is 11.6. The molecule has 2 saturated carbocycles. The van der Waals surface area contributed by atoms with Crippen LogP contribution >= 0.6 is 23.1 Å². The van der Waals surface area contributed by atoms with Crippen molar-refractivity contribution >= 4 is 62.2 Å². The number of imide groups is 1. The Labute approximate surface area is 289 Å². The molecule has 1 saturated heterocycles. The minimum absolute atomic E-state index is 0.000723. The summed E-state index contributed by atoms with van der Waals surface area (Å²) in [5.41, 5.74) is 1.90. The second-order valence-electron chi connectivity index (χ2n) is 12.6. The van der Waals surface area contributed by atoms with E-state index in [1.54, 1.807) is 55.3 Å². The first-order valence-electron chi connectivity index (χ1n) is 15.6. The minimum atomic E-state index is -3.84. The van der Waals surface area contributed by atoms with Gasteiger partial charge in [0.1, 0.15) is 11.5 Å². The summed E-state index contributed by atoms with van der Waals surface area (Å²) in [5, 5.41) is 8.66. The van der Waals surface area contributed by atoms with E-state index in [4.69, 9.17) is 14.6 Å². The molecular weight excluding hydrogens is 689 g/mol. The molecule has 4 aromatic rings. The molecule has 8 rings (SSSR count). The predicted octanol–water partition coefficient (Wildman–Crippen LogP) is 3.79. The van der Waals surface area contributed by atoms with Crippen LogP contribution in [0.25, 0.3) is 0 Å². The van der Waals surface area contributed by atoms with Gasteiger partial charge < -0.3 is 19.8 Å². The Balaban J connectivity index is 1.01. The number of sulfonamides is 1. The number of anilines is 2. The highest BCUT2D eigenvalue weighted by Crippen LogP contribution is 2.68. The quantitative estimate of drug-likeness (QED) is 0.229. The van der Waals surface area contributed by atoms with Crippen LogP contribution < -0.4 is 29.7 Å². The lowest BCUT2D eigenvalue weighted by atomic mass is 9.68. The average molecular weight is 719 g/mol. The number of aromatic nitrogens is 1. The van der Waals surface area contributed by atoms with Gasteiger partial charge in [-0.25, -0.2) is 13.6 Å². The summed E-state index contributed by atoms with van der Waals surface area (Å²) in [7, 11) is -2.28. The summed E-state index contributed by atoms with van der Waals surface area (Å²) in [6.07, 6.45) is 0.780. The molecule has 2 bridgehead atoms. The van der Waals surface area contributed by atoms with Crippen LogP contribution in [-0.4, -0.2) is 50.1 Å². The average Bonchev–Trinajstić information content (AvgIpc) is 3.82. The van der Waals surface area contributed by atoms with E-state index in [9.17, 15) is 27.6 Å². The van der Waals surface area contributed by atoms with Crippen LogP contribution in [0.2, 0.25) is 0 Å². The lowest BCUT2D eigenvalue weighted by Crippen LogP contribution is -2.42. The largest absolute Gasteiger partial charge is 0.497 e. The number of fused-ring (bicyclic) bond motifs is 9. The number of hydrogen-bond acceptors (Lipinski definition) is 10. The third-order valence-electron chi connectivity index (χ3n) is 10.1. The molecule has 3 aromatic carbocycles. The van der Waals surface area contributed by atoms with E-state index in [1.807, 2.05) is 12.1 Å². The summed E-state index contributed by atoms with van der Waals surface area (Å²) in [4.78, 5) is 58.1. The number of methoxy groups -OCH3 is 1. The summed E-state index contributed by atoms with van der Waals surface area (Å²) < 4.78 is 33.9. The number of ether oxygens (including phenoxy) is 2. The lowest BCUT2D eigenvalue weighted by molar-refractivity contribution is -0.123. The standard InChI is InChI=1S/C34H30N4O8S3/c1-45-19-10-6-18(7-11-19)38-32(40)27-22-14-23(28(27)33(38)41)29-26(22)25(30-31(47-29)37-34(42)48-30)16-2-8-20(9-3-16)46-15-24(39)36-17-4-12-21(13-5-17)49(35,43)44/h2-13,22-23,25-29H,14-15H2,1H3,(H,36,39)(H,37,42)(H2,35,43,44)/t22-,23-,25-,26?,27?,28?,29?/m1/s1. The summed E-state index contributed by atoms with van der Waals surface area (Å²) in [6.45, 7) is -0.279. The van der Waals surface area contributed by atoms with Gasteiger partial charge in [-0.1, -0.05) is 23.5 Å². The van der Waals surface area contributed by atoms with E-state index in [0.29, 0.717) is 22.9 Å². The molecule has 4 N–H and O–H groups in total. The number of benzene rings is 3. The number of nitrogens with two attached hydrogens (primary N) is 1. The van der Waals surface area contributed by atoms with Gasteiger partial charge in [-0.15, -0.1) is 11.8 Å². The van der Waals surface area contributed by atoms with Crippen LogP contribution in [0.3, 0.4) is 0 Å². The van der Waals surface area contributed by atoms with E-state index in [0.717, 1.165) is 21.9 Å². The second-order valence-corrected chi connectivity index (χ2v) is 16.4. The number of hydrogen-bond donors (Lipinski definition) is 3. The van der Waals surface area contributed by atoms with Crippen molar-refractivity contribution in [3.8, 4) is 11.5 Å². The van der Waals surface area contributed by atoms with Gasteiger partial charge in [-0.3, -0.25) is 24.1 Å². The number of carbonyl (C=O) groups is 3. The zero-order valence-corrected chi connectivity index (χ0v) is 28.3. The third kappa shape index (κ3) is 5.35. The molecule has 2 aliphatic carbocycles. The number of primary sulfonamides is 1. The zero-order valence-electron chi connectivity index (χ0n) is 25.9. The summed E-state index contributed by atoms with van der Waals surface area (Å²) in [6, 6.07) is 19.9. The van der Waals surface area contributed by atoms with Crippen molar-refractivity contribution in [2.24, 2.45) is 34.7 Å². The number of thioether (sulfide) groups is 1. The molecule has 1 aromatic heterocycles. The third-order valence-corrected chi connectivity index (χ3v) is 13.6. The molecule has 3 fully saturated rings. The van der Waals surface area contributed by atoms with Crippen molar-refractivity contribution in [3.05, 3.63) is 92.9 Å². The van der Waals surface area contributed by atoms with Gasteiger partial charge in [0.2, 0.25) is 21.8 Å². The highest BCUT2D eigenvalue weighted by atomic mass is 32.2. The monoisotopic (exact) mass is 718 g/mol. The van der Waals surface area contributed by atoms with Crippen molar-refractivity contribution in [2.75, 3.05) is 23.9 Å². The molecule has 0 spiro atoms. The molecule has 4 unspecified atom stereocenters. The van der Waals surface area contributed by atoms with Gasteiger partial charge >= 0.3 is 4.87 Å². The first-order chi connectivity index (χ1) is 23.5. The Kier molecular flexibility index (Phi) is 7.70. The SMILES string of the molecule is COc1ccc(N2C(=O)C3C(C2=O)[C@@H]2C[C@H]3C3Sc4[nH]c(=O)sc4[C@H](c4ccc(OCC(=O)Nc5ccc(S(N)(=O)=O)cc5)cc4)C32)cc1. The summed E-state index contributed by atoms with van der Waals surface area (Å²) in [5.74, 6) is -0.593. The van der Waals surface area contributed by atoms with Crippen LogP contribution in [0, 0.1) is 29.6 Å². The number of nitrogens with one attached hydrogen (secondary N) is 2. The fourth-order valence-electron chi connectivity index (χ4n) is 8.22. The Hall–Kier alpha value is -4.44. The normalized spacial score (nSPS) is 26.7. The first-order valence-corrected chi connectivity index (χ1v) is 18.8. The van der Waals surface area contributed by atoms with Gasteiger partial charge in [0.05, 0.1) is 34.6 Å².